The van der Waals surface area contributed by atoms with E-state index in [1.807, 2.05) is 52.8 Å². The number of nitrogens with one attached hydrogen (secondary N) is 1. The molecule has 3 N–H and O–H groups in total. The molecule has 0 unspecified atom stereocenters. The number of hydrogen-bond donors (Lipinski definition) is 3. The first kappa shape index (κ1) is 25.4. The molecule has 4 aromatic rings. The Labute approximate surface area is 213 Å². The topological polar surface area (TPSA) is 129 Å². The Kier molecular flexibility index (Phi) is 6.72. The Morgan fingerprint density at radius 2 is 1.70 bits per heavy atom. The van der Waals surface area contributed by atoms with E-state index in [-0.39, 0.29) is 28.4 Å². The molecule has 0 spiro atoms. The molecule has 0 radical (unpaired) electrons. The molecule has 0 bridgehead atoms. The molecule has 0 atom stereocenters. The number of carbonyl (C=O) groups is 1. The van der Waals surface area contributed by atoms with Crippen LogP contribution in [0.15, 0.2) is 75.7 Å². The first-order valence-corrected chi connectivity index (χ1v) is 11.6. The molecule has 0 saturated carbocycles. The van der Waals surface area contributed by atoms with Crippen molar-refractivity contribution in [2.75, 3.05) is 0 Å². The summed E-state index contributed by atoms with van der Waals surface area (Å²) in [4.78, 5) is 24.3. The molecule has 190 valence electrons. The van der Waals surface area contributed by atoms with Crippen LogP contribution in [0.5, 0.6) is 11.5 Å². The molecule has 0 aliphatic heterocycles. The van der Waals surface area contributed by atoms with Gasteiger partial charge in [0, 0.05) is 11.0 Å². The van der Waals surface area contributed by atoms with Crippen LogP contribution in [0.25, 0.3) is 16.8 Å². The standard InChI is InChI=1S/C28H28N4O5/c1-16-12-13-19(14-17(16)2)32-26(34)23(25(31-32)28(3,4)5)30-29-22-11-7-10-21(24(22)33)18-8-6-9-20(15-18)37-27(35)36/h6-15,31,33H,1-5H3,(H,35,36). The summed E-state index contributed by atoms with van der Waals surface area (Å²) >= 11 is 0. The highest BCUT2D eigenvalue weighted by atomic mass is 16.7. The number of rotatable bonds is 5. The average molecular weight is 501 g/mol. The number of benzene rings is 3. The SMILES string of the molecule is Cc1ccc(-n2[nH]c(C(C)(C)C)c(N=Nc3cccc(-c4cccc(OC(=O)O)c4)c3O)c2=O)cc1C. The van der Waals surface area contributed by atoms with Gasteiger partial charge in [-0.1, -0.05) is 51.1 Å². The normalized spacial score (nSPS) is 11.7. The van der Waals surface area contributed by atoms with Crippen molar-refractivity contribution in [3.05, 3.63) is 87.8 Å². The van der Waals surface area contributed by atoms with E-state index in [0.717, 1.165) is 11.1 Å². The van der Waals surface area contributed by atoms with Gasteiger partial charge in [0.15, 0.2) is 11.4 Å². The Morgan fingerprint density at radius 1 is 0.973 bits per heavy atom. The number of nitrogens with zero attached hydrogens (tertiary/aromatic N) is 3. The molecule has 1 heterocycles. The van der Waals surface area contributed by atoms with Crippen molar-refractivity contribution in [3.8, 4) is 28.3 Å². The Hall–Kier alpha value is -4.66. The number of hydrogen-bond acceptors (Lipinski definition) is 6. The van der Waals surface area contributed by atoms with E-state index in [0.29, 0.717) is 22.5 Å². The number of aryl methyl sites for hydroxylation is 2. The highest BCUT2D eigenvalue weighted by molar-refractivity contribution is 5.77. The molecular weight excluding hydrogens is 472 g/mol. The van der Waals surface area contributed by atoms with Gasteiger partial charge in [0.2, 0.25) is 0 Å². The zero-order chi connectivity index (χ0) is 26.9. The lowest BCUT2D eigenvalue weighted by molar-refractivity contribution is 0.144. The number of azo groups is 1. The summed E-state index contributed by atoms with van der Waals surface area (Å²) in [6.45, 7) is 9.88. The molecule has 9 heteroatoms. The summed E-state index contributed by atoms with van der Waals surface area (Å²) in [5.74, 6) is -0.0495. The molecule has 9 nitrogen and oxygen atoms in total. The lowest BCUT2D eigenvalue weighted by Crippen LogP contribution is -2.14. The van der Waals surface area contributed by atoms with Gasteiger partial charge in [-0.15, -0.1) is 10.2 Å². The predicted molar refractivity (Wildman–Crippen MR) is 141 cm³/mol. The van der Waals surface area contributed by atoms with Gasteiger partial charge in [-0.25, -0.2) is 9.48 Å². The van der Waals surface area contributed by atoms with Crippen LogP contribution in [-0.2, 0) is 5.41 Å². The monoisotopic (exact) mass is 500 g/mol. The molecule has 0 fully saturated rings. The van der Waals surface area contributed by atoms with Gasteiger partial charge in [0.1, 0.15) is 11.4 Å². The third kappa shape index (κ3) is 5.30. The first-order valence-electron chi connectivity index (χ1n) is 11.6. The Balaban J connectivity index is 1.77. The maximum Gasteiger partial charge on any atom is 0.511 e. The van der Waals surface area contributed by atoms with E-state index in [2.05, 4.69) is 15.3 Å². The van der Waals surface area contributed by atoms with Gasteiger partial charge in [-0.2, -0.15) is 0 Å². The summed E-state index contributed by atoms with van der Waals surface area (Å²) < 4.78 is 6.17. The molecule has 1 aromatic heterocycles. The van der Waals surface area contributed by atoms with E-state index in [1.165, 1.54) is 16.8 Å². The highest BCUT2D eigenvalue weighted by Gasteiger charge is 2.25. The molecule has 0 aliphatic carbocycles. The van der Waals surface area contributed by atoms with Crippen molar-refractivity contribution in [1.29, 1.82) is 0 Å². The smallest absolute Gasteiger partial charge is 0.505 e. The second-order valence-electron chi connectivity index (χ2n) is 9.76. The van der Waals surface area contributed by atoms with Crippen molar-refractivity contribution in [1.82, 2.24) is 9.78 Å². The lowest BCUT2D eigenvalue weighted by Gasteiger charge is -2.16. The van der Waals surface area contributed by atoms with Crippen molar-refractivity contribution >= 4 is 17.5 Å². The van der Waals surface area contributed by atoms with Crippen molar-refractivity contribution in [3.63, 3.8) is 0 Å². The van der Waals surface area contributed by atoms with E-state index in [1.54, 1.807) is 30.3 Å². The molecule has 37 heavy (non-hydrogen) atoms. The van der Waals surface area contributed by atoms with Gasteiger partial charge in [-0.05, 0) is 60.9 Å². The molecule has 0 aliphatic rings. The second kappa shape index (κ2) is 9.77. The van der Waals surface area contributed by atoms with E-state index < -0.39 is 11.6 Å². The fourth-order valence-corrected chi connectivity index (χ4v) is 3.87. The molecule has 3 aromatic carbocycles. The summed E-state index contributed by atoms with van der Waals surface area (Å²) in [6.07, 6.45) is -1.43. The first-order chi connectivity index (χ1) is 17.5. The maximum absolute atomic E-state index is 13.4. The molecule has 4 rings (SSSR count). The third-order valence-electron chi connectivity index (χ3n) is 5.99. The number of H-pyrrole nitrogens is 1. The number of phenols is 1. The summed E-state index contributed by atoms with van der Waals surface area (Å²) in [6, 6.07) is 17.0. The Morgan fingerprint density at radius 3 is 2.38 bits per heavy atom. The minimum Gasteiger partial charge on any atom is -0.505 e. The largest absolute Gasteiger partial charge is 0.511 e. The molecule has 0 saturated heterocycles. The number of aromatic hydroxyl groups is 1. The minimum atomic E-state index is -1.43. The van der Waals surface area contributed by atoms with Crippen LogP contribution in [0.2, 0.25) is 0 Å². The molecule has 0 amide bonds. The number of para-hydroxylation sites is 1. The second-order valence-corrected chi connectivity index (χ2v) is 9.76. The maximum atomic E-state index is 13.4. The number of aromatic nitrogens is 2. The number of phenolic OH excluding ortho intramolecular Hbond substituents is 1. The van der Waals surface area contributed by atoms with Gasteiger partial charge in [0.05, 0.1) is 11.4 Å². The third-order valence-corrected chi connectivity index (χ3v) is 5.99. The number of aromatic amines is 1. The van der Waals surface area contributed by atoms with E-state index >= 15 is 0 Å². The minimum absolute atomic E-state index is 0.116. The summed E-state index contributed by atoms with van der Waals surface area (Å²) in [5.41, 5.74) is 3.91. The zero-order valence-electron chi connectivity index (χ0n) is 21.2. The van der Waals surface area contributed by atoms with E-state index in [4.69, 9.17) is 9.84 Å². The fraction of sp³-hybridized carbons (Fsp3) is 0.214. The quantitative estimate of drug-likeness (QED) is 0.155. The van der Waals surface area contributed by atoms with Gasteiger partial charge in [-0.3, -0.25) is 9.89 Å². The van der Waals surface area contributed by atoms with Crippen molar-refractivity contribution < 1.29 is 19.7 Å². The van der Waals surface area contributed by atoms with Crippen molar-refractivity contribution in [2.24, 2.45) is 10.2 Å². The predicted octanol–water partition coefficient (Wildman–Crippen LogP) is 6.92. The average Bonchev–Trinajstić information content (AvgIpc) is 3.16. The highest BCUT2D eigenvalue weighted by Crippen LogP contribution is 2.39. The van der Waals surface area contributed by atoms with Crippen LogP contribution in [0.4, 0.5) is 16.2 Å². The van der Waals surface area contributed by atoms with Crippen LogP contribution >= 0.6 is 0 Å². The summed E-state index contributed by atoms with van der Waals surface area (Å²) in [7, 11) is 0. The van der Waals surface area contributed by atoms with Gasteiger partial charge in [0.25, 0.3) is 5.56 Å². The number of ether oxygens (including phenoxy) is 1. The van der Waals surface area contributed by atoms with Crippen LogP contribution < -0.4 is 10.3 Å². The van der Waals surface area contributed by atoms with Crippen LogP contribution in [-0.4, -0.2) is 26.1 Å². The fourth-order valence-electron chi connectivity index (χ4n) is 3.87. The summed E-state index contributed by atoms with van der Waals surface area (Å²) in [5, 5.41) is 31.5. The van der Waals surface area contributed by atoms with Gasteiger partial charge < -0.3 is 14.9 Å². The van der Waals surface area contributed by atoms with Gasteiger partial charge >= 0.3 is 6.16 Å². The number of carboxylic acid groups (broad SMARTS) is 1. The zero-order valence-corrected chi connectivity index (χ0v) is 21.2. The van der Waals surface area contributed by atoms with Crippen LogP contribution in [0.3, 0.4) is 0 Å². The molecular formula is C28H28N4O5. The van der Waals surface area contributed by atoms with Crippen LogP contribution in [0, 0.1) is 13.8 Å². The Bertz CT molecular complexity index is 1570. The lowest BCUT2D eigenvalue weighted by atomic mass is 9.91. The van der Waals surface area contributed by atoms with Crippen LogP contribution in [0.1, 0.15) is 37.6 Å². The van der Waals surface area contributed by atoms with E-state index in [9.17, 15) is 14.7 Å². The van der Waals surface area contributed by atoms with Crippen molar-refractivity contribution in [2.45, 2.75) is 40.0 Å².